The Balaban J connectivity index is 1.78. The van der Waals surface area contributed by atoms with Crippen LogP contribution in [0.15, 0.2) is 30.3 Å². The second-order valence-electron chi connectivity index (χ2n) is 5.14. The molecule has 1 N–H and O–H groups in total. The maximum atomic E-state index is 11.7. The summed E-state index contributed by atoms with van der Waals surface area (Å²) in [5.41, 5.74) is 0.892. The van der Waals surface area contributed by atoms with Crippen molar-refractivity contribution < 1.29 is 22.1 Å². The van der Waals surface area contributed by atoms with Crippen molar-refractivity contribution in [2.75, 3.05) is 12.9 Å². The predicted octanol–water partition coefficient (Wildman–Crippen LogP) is 1.67. The third kappa shape index (κ3) is 6.14. The van der Waals surface area contributed by atoms with Crippen LogP contribution in [0.2, 0.25) is 0 Å². The summed E-state index contributed by atoms with van der Waals surface area (Å²) >= 11 is 0. The molecule has 0 saturated heterocycles. The Morgan fingerprint density at radius 2 is 2.00 bits per heavy atom. The molecule has 0 spiro atoms. The lowest BCUT2D eigenvalue weighted by molar-refractivity contribution is 0.129. The van der Waals surface area contributed by atoms with Gasteiger partial charge in [-0.25, -0.2) is 4.79 Å². The molecular formula is C14H19NO5S. The van der Waals surface area contributed by atoms with Gasteiger partial charge in [-0.05, 0) is 24.3 Å². The third-order valence-corrected chi connectivity index (χ3v) is 3.73. The van der Waals surface area contributed by atoms with Crippen LogP contribution in [0.5, 0.6) is 0 Å². The Kier molecular flexibility index (Phi) is 5.19. The van der Waals surface area contributed by atoms with E-state index in [1.165, 1.54) is 0 Å². The SMILES string of the molecule is CS(=O)(=O)OCC(NC(=O)OCc1ccccc1)C1CC1. The number of carbonyl (C=O) groups excluding carboxylic acids is 1. The molecule has 1 fully saturated rings. The second kappa shape index (κ2) is 6.91. The fraction of sp³-hybridized carbons (Fsp3) is 0.500. The van der Waals surface area contributed by atoms with Crippen LogP contribution < -0.4 is 5.32 Å². The molecule has 1 amide bonds. The number of alkyl carbamates (subject to hydrolysis) is 1. The van der Waals surface area contributed by atoms with Crippen molar-refractivity contribution >= 4 is 16.2 Å². The van der Waals surface area contributed by atoms with E-state index in [2.05, 4.69) is 5.32 Å². The normalized spacial score (nSPS) is 16.2. The molecule has 6 nitrogen and oxygen atoms in total. The van der Waals surface area contributed by atoms with E-state index in [1.54, 1.807) is 0 Å². The summed E-state index contributed by atoms with van der Waals surface area (Å²) < 4.78 is 31.9. The van der Waals surface area contributed by atoms with Gasteiger partial charge in [0.25, 0.3) is 10.1 Å². The molecule has 0 heterocycles. The summed E-state index contributed by atoms with van der Waals surface area (Å²) in [4.78, 5) is 11.7. The highest BCUT2D eigenvalue weighted by Crippen LogP contribution is 2.33. The van der Waals surface area contributed by atoms with Gasteiger partial charge in [0.05, 0.1) is 18.9 Å². The lowest BCUT2D eigenvalue weighted by Gasteiger charge is -2.17. The highest BCUT2D eigenvalue weighted by molar-refractivity contribution is 7.85. The molecule has 1 aliphatic carbocycles. The largest absolute Gasteiger partial charge is 0.445 e. The van der Waals surface area contributed by atoms with Crippen molar-refractivity contribution in [2.24, 2.45) is 5.92 Å². The zero-order valence-electron chi connectivity index (χ0n) is 11.8. The molecule has 0 radical (unpaired) electrons. The molecule has 1 unspecified atom stereocenters. The number of nitrogens with one attached hydrogen (secondary N) is 1. The van der Waals surface area contributed by atoms with Gasteiger partial charge in [0, 0.05) is 0 Å². The lowest BCUT2D eigenvalue weighted by atomic mass is 10.2. The standard InChI is InChI=1S/C14H19NO5S/c1-21(17,18)20-10-13(12-7-8-12)15-14(16)19-9-11-5-3-2-4-6-11/h2-6,12-13H,7-10H2,1H3,(H,15,16). The van der Waals surface area contributed by atoms with Crippen LogP contribution in [0.3, 0.4) is 0 Å². The number of ether oxygens (including phenoxy) is 1. The van der Waals surface area contributed by atoms with Gasteiger partial charge in [-0.3, -0.25) is 4.18 Å². The van der Waals surface area contributed by atoms with Crippen molar-refractivity contribution in [1.82, 2.24) is 5.32 Å². The first-order valence-electron chi connectivity index (χ1n) is 6.75. The number of carbonyl (C=O) groups is 1. The molecule has 2 rings (SSSR count). The minimum atomic E-state index is -3.51. The smallest absolute Gasteiger partial charge is 0.407 e. The summed E-state index contributed by atoms with van der Waals surface area (Å²) in [5, 5.41) is 2.67. The van der Waals surface area contributed by atoms with E-state index in [9.17, 15) is 13.2 Å². The summed E-state index contributed by atoms with van der Waals surface area (Å²) in [7, 11) is -3.51. The first-order valence-corrected chi connectivity index (χ1v) is 8.57. The molecule has 116 valence electrons. The summed E-state index contributed by atoms with van der Waals surface area (Å²) in [6.07, 6.45) is 2.34. The van der Waals surface area contributed by atoms with Crippen LogP contribution in [0, 0.1) is 5.92 Å². The van der Waals surface area contributed by atoms with E-state index in [0.717, 1.165) is 24.7 Å². The van der Waals surface area contributed by atoms with Crippen LogP contribution in [-0.4, -0.2) is 33.4 Å². The van der Waals surface area contributed by atoms with Crippen LogP contribution in [-0.2, 0) is 25.6 Å². The zero-order chi connectivity index (χ0) is 15.3. The average molecular weight is 313 g/mol. The first kappa shape index (κ1) is 15.8. The Morgan fingerprint density at radius 1 is 1.33 bits per heavy atom. The molecule has 7 heteroatoms. The Bertz CT molecular complexity index is 568. The van der Waals surface area contributed by atoms with Gasteiger partial charge in [-0.15, -0.1) is 0 Å². The van der Waals surface area contributed by atoms with Crippen molar-refractivity contribution in [3.8, 4) is 0 Å². The van der Waals surface area contributed by atoms with Gasteiger partial charge < -0.3 is 10.1 Å². The summed E-state index contributed by atoms with van der Waals surface area (Å²) in [5.74, 6) is 0.260. The Labute approximate surface area is 124 Å². The number of benzene rings is 1. The van der Waals surface area contributed by atoms with Gasteiger partial charge in [0.2, 0.25) is 0 Å². The molecule has 0 aromatic heterocycles. The molecule has 0 aliphatic heterocycles. The maximum absolute atomic E-state index is 11.7. The molecule has 1 aromatic carbocycles. The number of hydrogen-bond acceptors (Lipinski definition) is 5. The molecular weight excluding hydrogens is 294 g/mol. The lowest BCUT2D eigenvalue weighted by Crippen LogP contribution is -2.40. The maximum Gasteiger partial charge on any atom is 0.407 e. The van der Waals surface area contributed by atoms with Crippen LogP contribution in [0.25, 0.3) is 0 Å². The van der Waals surface area contributed by atoms with Gasteiger partial charge in [0.1, 0.15) is 6.61 Å². The van der Waals surface area contributed by atoms with E-state index in [4.69, 9.17) is 8.92 Å². The zero-order valence-corrected chi connectivity index (χ0v) is 12.6. The second-order valence-corrected chi connectivity index (χ2v) is 6.78. The summed E-state index contributed by atoms with van der Waals surface area (Å²) in [6, 6.07) is 9.00. The van der Waals surface area contributed by atoms with E-state index in [0.29, 0.717) is 0 Å². The minimum absolute atomic E-state index is 0.0516. The van der Waals surface area contributed by atoms with Crippen LogP contribution in [0.1, 0.15) is 18.4 Å². The van der Waals surface area contributed by atoms with E-state index >= 15 is 0 Å². The molecule has 1 aliphatic rings. The van der Waals surface area contributed by atoms with E-state index in [1.807, 2.05) is 30.3 Å². The topological polar surface area (TPSA) is 81.7 Å². The highest BCUT2D eigenvalue weighted by Gasteiger charge is 2.33. The van der Waals surface area contributed by atoms with E-state index < -0.39 is 16.2 Å². The van der Waals surface area contributed by atoms with Gasteiger partial charge in [-0.1, -0.05) is 30.3 Å². The third-order valence-electron chi connectivity index (χ3n) is 3.17. The molecule has 1 aromatic rings. The average Bonchev–Trinajstić information content (AvgIpc) is 3.26. The van der Waals surface area contributed by atoms with Gasteiger partial charge in [0.15, 0.2) is 0 Å². The van der Waals surface area contributed by atoms with Crippen LogP contribution >= 0.6 is 0 Å². The van der Waals surface area contributed by atoms with Crippen LogP contribution in [0.4, 0.5) is 4.79 Å². The number of rotatable bonds is 7. The molecule has 1 saturated carbocycles. The minimum Gasteiger partial charge on any atom is -0.445 e. The van der Waals surface area contributed by atoms with Crippen molar-refractivity contribution in [1.29, 1.82) is 0 Å². The predicted molar refractivity (Wildman–Crippen MR) is 77.1 cm³/mol. The molecule has 0 bridgehead atoms. The Hall–Kier alpha value is -1.60. The van der Waals surface area contributed by atoms with Gasteiger partial charge >= 0.3 is 6.09 Å². The molecule has 21 heavy (non-hydrogen) atoms. The fourth-order valence-corrected chi connectivity index (χ4v) is 2.30. The van der Waals surface area contributed by atoms with Crippen molar-refractivity contribution in [2.45, 2.75) is 25.5 Å². The first-order chi connectivity index (χ1) is 9.94. The quantitative estimate of drug-likeness (QED) is 0.774. The van der Waals surface area contributed by atoms with E-state index in [-0.39, 0.29) is 25.2 Å². The molecule has 1 atom stereocenters. The fourth-order valence-electron chi connectivity index (χ4n) is 1.91. The Morgan fingerprint density at radius 3 is 2.57 bits per heavy atom. The van der Waals surface area contributed by atoms with Gasteiger partial charge in [-0.2, -0.15) is 8.42 Å². The highest BCUT2D eigenvalue weighted by atomic mass is 32.2. The summed E-state index contributed by atoms with van der Waals surface area (Å²) in [6.45, 7) is 0.126. The number of amides is 1. The number of hydrogen-bond donors (Lipinski definition) is 1. The van der Waals surface area contributed by atoms with Crippen molar-refractivity contribution in [3.05, 3.63) is 35.9 Å². The van der Waals surface area contributed by atoms with Crippen molar-refractivity contribution in [3.63, 3.8) is 0 Å². The monoisotopic (exact) mass is 313 g/mol.